The van der Waals surface area contributed by atoms with Gasteiger partial charge in [-0.05, 0) is 6.92 Å². The molecule has 0 aromatic carbocycles. The second kappa shape index (κ2) is 4.55. The SMILES string of the molecule is CCOc1cc(C(=N)N)nc(CC)n1. The third-order valence-electron chi connectivity index (χ3n) is 1.63. The Hall–Kier alpha value is -1.65. The van der Waals surface area contributed by atoms with Gasteiger partial charge >= 0.3 is 0 Å². The Balaban J connectivity index is 3.06. The van der Waals surface area contributed by atoms with E-state index in [2.05, 4.69) is 9.97 Å². The highest BCUT2D eigenvalue weighted by Crippen LogP contribution is 2.09. The standard InChI is InChI=1S/C9H14N4O/c1-3-7-12-6(9(10)11)5-8(13-7)14-4-2/h5H,3-4H2,1-2H3,(H3,10,11). The van der Waals surface area contributed by atoms with E-state index in [1.54, 1.807) is 6.07 Å². The summed E-state index contributed by atoms with van der Waals surface area (Å²) in [5, 5.41) is 7.27. The average Bonchev–Trinajstić information content (AvgIpc) is 2.17. The van der Waals surface area contributed by atoms with E-state index in [0.29, 0.717) is 30.4 Å². The number of nitrogens with zero attached hydrogens (tertiary/aromatic N) is 2. The zero-order valence-corrected chi connectivity index (χ0v) is 8.37. The van der Waals surface area contributed by atoms with Crippen molar-refractivity contribution in [1.29, 1.82) is 5.41 Å². The lowest BCUT2D eigenvalue weighted by molar-refractivity contribution is 0.324. The summed E-state index contributed by atoms with van der Waals surface area (Å²) < 4.78 is 5.24. The molecule has 5 heteroatoms. The molecule has 0 aliphatic rings. The van der Waals surface area contributed by atoms with Gasteiger partial charge < -0.3 is 10.5 Å². The Bertz CT molecular complexity index is 338. The van der Waals surface area contributed by atoms with E-state index in [1.165, 1.54) is 0 Å². The highest BCUT2D eigenvalue weighted by molar-refractivity contribution is 5.93. The van der Waals surface area contributed by atoms with E-state index in [1.807, 2.05) is 13.8 Å². The summed E-state index contributed by atoms with van der Waals surface area (Å²) in [6.45, 7) is 4.35. The minimum absolute atomic E-state index is 0.0666. The van der Waals surface area contributed by atoms with Gasteiger partial charge in [-0.1, -0.05) is 6.92 Å². The summed E-state index contributed by atoms with van der Waals surface area (Å²) in [6, 6.07) is 1.57. The number of nitrogens with two attached hydrogens (primary N) is 1. The van der Waals surface area contributed by atoms with Gasteiger partial charge in [0.1, 0.15) is 17.4 Å². The van der Waals surface area contributed by atoms with Crippen LogP contribution in [0.1, 0.15) is 25.4 Å². The number of aromatic nitrogens is 2. The predicted molar refractivity (Wildman–Crippen MR) is 53.6 cm³/mol. The number of hydrogen-bond acceptors (Lipinski definition) is 4. The van der Waals surface area contributed by atoms with Crippen molar-refractivity contribution >= 4 is 5.84 Å². The number of aryl methyl sites for hydroxylation is 1. The summed E-state index contributed by atoms with van der Waals surface area (Å²) in [4.78, 5) is 8.23. The number of amidine groups is 1. The van der Waals surface area contributed by atoms with E-state index >= 15 is 0 Å². The molecule has 14 heavy (non-hydrogen) atoms. The molecule has 3 N–H and O–H groups in total. The predicted octanol–water partition coefficient (Wildman–Crippen LogP) is 0.722. The van der Waals surface area contributed by atoms with Crippen molar-refractivity contribution in [1.82, 2.24) is 9.97 Å². The van der Waals surface area contributed by atoms with Crippen molar-refractivity contribution in [2.75, 3.05) is 6.61 Å². The molecule has 0 unspecified atom stereocenters. The normalized spacial score (nSPS) is 9.86. The van der Waals surface area contributed by atoms with Crippen molar-refractivity contribution in [2.24, 2.45) is 5.73 Å². The van der Waals surface area contributed by atoms with E-state index in [0.717, 1.165) is 0 Å². The highest BCUT2D eigenvalue weighted by Gasteiger charge is 2.05. The zero-order chi connectivity index (χ0) is 10.6. The maximum atomic E-state index is 7.27. The third kappa shape index (κ3) is 2.42. The zero-order valence-electron chi connectivity index (χ0n) is 8.37. The molecule has 0 bridgehead atoms. The molecule has 1 rings (SSSR count). The van der Waals surface area contributed by atoms with Crippen LogP contribution in [0, 0.1) is 5.41 Å². The van der Waals surface area contributed by atoms with Crippen LogP contribution in [0.25, 0.3) is 0 Å². The van der Waals surface area contributed by atoms with Crippen LogP contribution in [0.2, 0.25) is 0 Å². The molecule has 0 saturated carbocycles. The van der Waals surface area contributed by atoms with Gasteiger partial charge in [-0.2, -0.15) is 4.98 Å². The smallest absolute Gasteiger partial charge is 0.217 e. The lowest BCUT2D eigenvalue weighted by atomic mass is 10.3. The first kappa shape index (κ1) is 10.4. The molecule has 0 aliphatic carbocycles. The largest absolute Gasteiger partial charge is 0.478 e. The van der Waals surface area contributed by atoms with Crippen molar-refractivity contribution in [3.63, 3.8) is 0 Å². The summed E-state index contributed by atoms with van der Waals surface area (Å²) in [7, 11) is 0. The Morgan fingerprint density at radius 1 is 1.50 bits per heavy atom. The van der Waals surface area contributed by atoms with Crippen LogP contribution in [-0.4, -0.2) is 22.4 Å². The molecule has 0 amide bonds. The van der Waals surface area contributed by atoms with Crippen LogP contribution in [0.15, 0.2) is 6.07 Å². The second-order valence-corrected chi connectivity index (χ2v) is 2.71. The monoisotopic (exact) mass is 194 g/mol. The number of rotatable bonds is 4. The summed E-state index contributed by atoms with van der Waals surface area (Å²) in [5.41, 5.74) is 5.76. The van der Waals surface area contributed by atoms with Crippen LogP contribution >= 0.6 is 0 Å². The number of ether oxygens (including phenoxy) is 1. The van der Waals surface area contributed by atoms with Crippen LogP contribution < -0.4 is 10.5 Å². The van der Waals surface area contributed by atoms with Gasteiger partial charge in [0.15, 0.2) is 0 Å². The van der Waals surface area contributed by atoms with E-state index in [4.69, 9.17) is 15.9 Å². The summed E-state index contributed by atoms with van der Waals surface area (Å²) in [6.07, 6.45) is 0.696. The third-order valence-corrected chi connectivity index (χ3v) is 1.63. The average molecular weight is 194 g/mol. The second-order valence-electron chi connectivity index (χ2n) is 2.71. The lowest BCUT2D eigenvalue weighted by Crippen LogP contribution is -2.15. The van der Waals surface area contributed by atoms with E-state index in [-0.39, 0.29) is 5.84 Å². The molecule has 1 aromatic rings. The number of hydrogen-bond donors (Lipinski definition) is 2. The highest BCUT2D eigenvalue weighted by atomic mass is 16.5. The van der Waals surface area contributed by atoms with Gasteiger partial charge in [-0.25, -0.2) is 4.98 Å². The van der Waals surface area contributed by atoms with Crippen LogP contribution in [0.5, 0.6) is 5.88 Å². The van der Waals surface area contributed by atoms with Crippen molar-refractivity contribution < 1.29 is 4.74 Å². The molecule has 0 radical (unpaired) electrons. The molecule has 0 saturated heterocycles. The first-order valence-electron chi connectivity index (χ1n) is 4.52. The van der Waals surface area contributed by atoms with Gasteiger partial charge in [0.25, 0.3) is 0 Å². The molecule has 1 aromatic heterocycles. The van der Waals surface area contributed by atoms with E-state index in [9.17, 15) is 0 Å². The van der Waals surface area contributed by atoms with Gasteiger partial charge in [0.2, 0.25) is 5.88 Å². The Morgan fingerprint density at radius 3 is 2.71 bits per heavy atom. The Labute approximate surface area is 82.8 Å². The molecule has 0 fully saturated rings. The molecular formula is C9H14N4O. The fraction of sp³-hybridized carbons (Fsp3) is 0.444. The van der Waals surface area contributed by atoms with E-state index < -0.39 is 0 Å². The fourth-order valence-electron chi connectivity index (χ4n) is 0.991. The molecule has 5 nitrogen and oxygen atoms in total. The quantitative estimate of drug-likeness (QED) is 0.546. The minimum atomic E-state index is -0.0666. The van der Waals surface area contributed by atoms with Gasteiger partial charge in [-0.3, -0.25) is 5.41 Å². The minimum Gasteiger partial charge on any atom is -0.478 e. The molecule has 1 heterocycles. The van der Waals surface area contributed by atoms with Crippen molar-refractivity contribution in [2.45, 2.75) is 20.3 Å². The fourth-order valence-corrected chi connectivity index (χ4v) is 0.991. The topological polar surface area (TPSA) is 84.9 Å². The molecule has 76 valence electrons. The molecule has 0 spiro atoms. The number of nitrogen functional groups attached to an aromatic ring is 1. The molecule has 0 aliphatic heterocycles. The maximum absolute atomic E-state index is 7.27. The first-order valence-corrected chi connectivity index (χ1v) is 4.52. The Kier molecular flexibility index (Phi) is 3.39. The van der Waals surface area contributed by atoms with Crippen molar-refractivity contribution in [3.8, 4) is 5.88 Å². The maximum Gasteiger partial charge on any atom is 0.217 e. The van der Waals surface area contributed by atoms with Gasteiger partial charge in [-0.15, -0.1) is 0 Å². The summed E-state index contributed by atoms with van der Waals surface area (Å²) in [5.74, 6) is 1.05. The Morgan fingerprint density at radius 2 is 2.21 bits per heavy atom. The van der Waals surface area contributed by atoms with Crippen LogP contribution in [-0.2, 0) is 6.42 Å². The first-order chi connectivity index (χ1) is 6.67. The number of nitrogens with one attached hydrogen (secondary N) is 1. The van der Waals surface area contributed by atoms with Crippen LogP contribution in [0.4, 0.5) is 0 Å². The molecular weight excluding hydrogens is 180 g/mol. The molecule has 0 atom stereocenters. The van der Waals surface area contributed by atoms with Gasteiger partial charge in [0.05, 0.1) is 6.61 Å². The lowest BCUT2D eigenvalue weighted by Gasteiger charge is -2.05. The van der Waals surface area contributed by atoms with Gasteiger partial charge in [0, 0.05) is 12.5 Å². The summed E-state index contributed by atoms with van der Waals surface area (Å²) >= 11 is 0. The van der Waals surface area contributed by atoms with Crippen molar-refractivity contribution in [3.05, 3.63) is 17.6 Å². The van der Waals surface area contributed by atoms with Crippen LogP contribution in [0.3, 0.4) is 0 Å².